The lowest BCUT2D eigenvalue weighted by molar-refractivity contribution is -0.146. The fourth-order valence-corrected chi connectivity index (χ4v) is 4.30. The first-order valence-electron chi connectivity index (χ1n) is 8.77. The summed E-state index contributed by atoms with van der Waals surface area (Å²) in [6.07, 6.45) is 1.04. The second kappa shape index (κ2) is 8.64. The van der Waals surface area contributed by atoms with Crippen molar-refractivity contribution < 1.29 is 23.1 Å². The minimum absolute atomic E-state index is 0.0445. The maximum Gasteiger partial charge on any atom is 0.323 e. The summed E-state index contributed by atoms with van der Waals surface area (Å²) < 4.78 is 25.3. The molecule has 1 amide bonds. The van der Waals surface area contributed by atoms with Crippen LogP contribution in [0.4, 0.5) is 0 Å². The Morgan fingerprint density at radius 3 is 2.27 bits per heavy atom. The van der Waals surface area contributed by atoms with Gasteiger partial charge in [-0.15, -0.1) is 0 Å². The van der Waals surface area contributed by atoms with Crippen molar-refractivity contribution in [2.24, 2.45) is 0 Å². The van der Waals surface area contributed by atoms with Crippen molar-refractivity contribution in [2.45, 2.75) is 39.2 Å². The van der Waals surface area contributed by atoms with Crippen LogP contribution in [-0.4, -0.2) is 66.0 Å². The van der Waals surface area contributed by atoms with Crippen molar-refractivity contribution in [3.05, 3.63) is 35.4 Å². The van der Waals surface area contributed by atoms with Crippen LogP contribution < -0.4 is 0 Å². The van der Waals surface area contributed by atoms with Crippen LogP contribution in [0, 0.1) is 6.92 Å². The van der Waals surface area contributed by atoms with Crippen LogP contribution in [0.5, 0.6) is 0 Å². The van der Waals surface area contributed by atoms with E-state index in [0.29, 0.717) is 25.9 Å². The number of hydrogen-bond acceptors (Lipinski definition) is 4. The van der Waals surface area contributed by atoms with E-state index < -0.39 is 16.0 Å². The Hall–Kier alpha value is -1.93. The fraction of sp³-hybridized carbons (Fsp3) is 0.556. The highest BCUT2D eigenvalue weighted by atomic mass is 32.2. The summed E-state index contributed by atoms with van der Waals surface area (Å²) in [7, 11) is -3.25. The molecule has 0 radical (unpaired) electrons. The molecule has 0 aromatic heterocycles. The third-order valence-electron chi connectivity index (χ3n) is 4.72. The second-order valence-electron chi connectivity index (χ2n) is 6.61. The molecule has 8 heteroatoms. The number of carbonyl (C=O) groups excluding carboxylic acids is 1. The van der Waals surface area contributed by atoms with Gasteiger partial charge in [0.05, 0.1) is 12.2 Å². The summed E-state index contributed by atoms with van der Waals surface area (Å²) in [6, 6.07) is 7.30. The molecule has 0 unspecified atom stereocenters. The molecule has 1 aliphatic rings. The molecule has 0 aliphatic carbocycles. The van der Waals surface area contributed by atoms with Gasteiger partial charge < -0.3 is 10.0 Å². The van der Waals surface area contributed by atoms with Gasteiger partial charge in [-0.05, 0) is 32.3 Å². The number of piperidine rings is 1. The average molecular weight is 382 g/mol. The first kappa shape index (κ1) is 20.4. The van der Waals surface area contributed by atoms with Gasteiger partial charge in [-0.1, -0.05) is 29.8 Å². The molecule has 7 nitrogen and oxygen atoms in total. The smallest absolute Gasteiger partial charge is 0.323 e. The van der Waals surface area contributed by atoms with Crippen molar-refractivity contribution in [3.8, 4) is 0 Å². The summed E-state index contributed by atoms with van der Waals surface area (Å²) in [4.78, 5) is 25.3. The normalized spacial score (nSPS) is 16.4. The van der Waals surface area contributed by atoms with E-state index in [1.54, 1.807) is 6.92 Å². The predicted octanol–water partition coefficient (Wildman–Crippen LogP) is 1.26. The third kappa shape index (κ3) is 5.28. The number of sulfonamides is 1. The van der Waals surface area contributed by atoms with Gasteiger partial charge in [0.1, 0.15) is 6.54 Å². The number of aliphatic carboxylic acids is 1. The lowest BCUT2D eigenvalue weighted by Crippen LogP contribution is -2.50. The van der Waals surface area contributed by atoms with Crippen LogP contribution in [0.1, 0.15) is 30.9 Å². The maximum atomic E-state index is 12.7. The minimum atomic E-state index is -3.25. The SMILES string of the molecule is CCS(=O)(=O)N1CCC(N(CC(=O)O)C(=O)Cc2ccc(C)cc2)CC1. The second-order valence-corrected chi connectivity index (χ2v) is 8.87. The van der Waals surface area contributed by atoms with E-state index in [1.165, 1.54) is 9.21 Å². The van der Waals surface area contributed by atoms with Crippen molar-refractivity contribution in [1.29, 1.82) is 0 Å². The zero-order chi connectivity index (χ0) is 19.3. The van der Waals surface area contributed by atoms with Crippen molar-refractivity contribution in [3.63, 3.8) is 0 Å². The molecule has 1 fully saturated rings. The largest absolute Gasteiger partial charge is 0.480 e. The van der Waals surface area contributed by atoms with Crippen LogP contribution >= 0.6 is 0 Å². The Kier molecular flexibility index (Phi) is 6.77. The van der Waals surface area contributed by atoms with Crippen LogP contribution in [0.3, 0.4) is 0 Å². The predicted molar refractivity (Wildman–Crippen MR) is 98.3 cm³/mol. The van der Waals surface area contributed by atoms with Gasteiger partial charge in [0.2, 0.25) is 15.9 Å². The van der Waals surface area contributed by atoms with Crippen LogP contribution in [-0.2, 0) is 26.0 Å². The highest BCUT2D eigenvalue weighted by molar-refractivity contribution is 7.89. The van der Waals surface area contributed by atoms with Gasteiger partial charge in [-0.3, -0.25) is 9.59 Å². The van der Waals surface area contributed by atoms with E-state index in [1.807, 2.05) is 31.2 Å². The molecule has 144 valence electrons. The lowest BCUT2D eigenvalue weighted by Gasteiger charge is -2.37. The Balaban J connectivity index is 2.06. The van der Waals surface area contributed by atoms with Crippen molar-refractivity contribution in [1.82, 2.24) is 9.21 Å². The highest BCUT2D eigenvalue weighted by Gasteiger charge is 2.32. The number of amides is 1. The zero-order valence-electron chi connectivity index (χ0n) is 15.2. The van der Waals surface area contributed by atoms with Crippen LogP contribution in [0.2, 0.25) is 0 Å². The van der Waals surface area contributed by atoms with E-state index in [4.69, 9.17) is 0 Å². The summed E-state index contributed by atoms with van der Waals surface area (Å²) in [5.74, 6) is -1.26. The number of nitrogens with zero attached hydrogens (tertiary/aromatic N) is 2. The first-order chi connectivity index (χ1) is 12.2. The van der Waals surface area contributed by atoms with E-state index >= 15 is 0 Å². The molecule has 1 aromatic carbocycles. The fourth-order valence-electron chi connectivity index (χ4n) is 3.16. The molecule has 26 heavy (non-hydrogen) atoms. The minimum Gasteiger partial charge on any atom is -0.480 e. The summed E-state index contributed by atoms with van der Waals surface area (Å²) >= 11 is 0. The van der Waals surface area contributed by atoms with Crippen LogP contribution in [0.25, 0.3) is 0 Å². The maximum absolute atomic E-state index is 12.7. The van der Waals surface area contributed by atoms with Gasteiger partial charge in [-0.25, -0.2) is 12.7 Å². The van der Waals surface area contributed by atoms with E-state index in [0.717, 1.165) is 11.1 Å². The molecule has 0 bridgehead atoms. The monoisotopic (exact) mass is 382 g/mol. The number of carbonyl (C=O) groups is 2. The molecule has 0 atom stereocenters. The first-order valence-corrected chi connectivity index (χ1v) is 10.4. The van der Waals surface area contributed by atoms with Gasteiger partial charge in [0.25, 0.3) is 0 Å². The third-order valence-corrected chi connectivity index (χ3v) is 6.61. The average Bonchev–Trinajstić information content (AvgIpc) is 2.61. The topological polar surface area (TPSA) is 95.0 Å². The Bertz CT molecular complexity index is 737. The number of carboxylic acid groups (broad SMARTS) is 1. The Labute approximate surface area is 154 Å². The van der Waals surface area contributed by atoms with Crippen LogP contribution in [0.15, 0.2) is 24.3 Å². The molecular weight excluding hydrogens is 356 g/mol. The quantitative estimate of drug-likeness (QED) is 0.766. The van der Waals surface area contributed by atoms with E-state index in [-0.39, 0.29) is 30.7 Å². The number of aryl methyl sites for hydroxylation is 1. The van der Waals surface area contributed by atoms with Crippen molar-refractivity contribution >= 4 is 21.9 Å². The van der Waals surface area contributed by atoms with Gasteiger partial charge >= 0.3 is 5.97 Å². The number of carboxylic acids is 1. The molecule has 1 heterocycles. The highest BCUT2D eigenvalue weighted by Crippen LogP contribution is 2.20. The van der Waals surface area contributed by atoms with Gasteiger partial charge in [0.15, 0.2) is 0 Å². The number of hydrogen-bond donors (Lipinski definition) is 1. The summed E-state index contributed by atoms with van der Waals surface area (Å²) in [5.41, 5.74) is 1.93. The van der Waals surface area contributed by atoms with E-state index in [2.05, 4.69) is 0 Å². The Morgan fingerprint density at radius 2 is 1.77 bits per heavy atom. The summed E-state index contributed by atoms with van der Waals surface area (Å²) in [5, 5.41) is 9.19. The molecule has 1 aromatic rings. The van der Waals surface area contributed by atoms with Gasteiger partial charge in [-0.2, -0.15) is 0 Å². The zero-order valence-corrected chi connectivity index (χ0v) is 16.0. The van der Waals surface area contributed by atoms with Crippen molar-refractivity contribution in [2.75, 3.05) is 25.4 Å². The molecule has 2 rings (SSSR count). The molecule has 0 saturated carbocycles. The number of rotatable bonds is 7. The molecule has 1 saturated heterocycles. The van der Waals surface area contributed by atoms with Gasteiger partial charge in [0, 0.05) is 19.1 Å². The Morgan fingerprint density at radius 1 is 1.19 bits per heavy atom. The molecule has 1 aliphatic heterocycles. The molecule has 1 N–H and O–H groups in total. The lowest BCUT2D eigenvalue weighted by atomic mass is 10.0. The standard InChI is InChI=1S/C18H26N2O5S/c1-3-26(24,25)19-10-8-16(9-11-19)20(13-18(22)23)17(21)12-15-6-4-14(2)5-7-15/h4-7,16H,3,8-13H2,1-2H3,(H,22,23). The molecular formula is C18H26N2O5S. The molecule has 0 spiro atoms. The summed E-state index contributed by atoms with van der Waals surface area (Å²) in [6.45, 7) is 3.82. The number of benzene rings is 1. The van der Waals surface area contributed by atoms with E-state index in [9.17, 15) is 23.1 Å².